The first-order valence-electron chi connectivity index (χ1n) is 6.97. The number of nitriles is 1. The molecule has 0 spiro atoms. The zero-order chi connectivity index (χ0) is 16.4. The van der Waals surface area contributed by atoms with Crippen LogP contribution in [0.2, 0.25) is 0 Å². The van der Waals surface area contributed by atoms with E-state index in [0.29, 0.717) is 23.8 Å². The van der Waals surface area contributed by atoms with Crippen LogP contribution in [-0.2, 0) is 11.3 Å². The summed E-state index contributed by atoms with van der Waals surface area (Å²) in [5.41, 5.74) is 8.61. The maximum atomic E-state index is 9.54. The molecule has 7 nitrogen and oxygen atoms in total. The molecule has 0 unspecified atom stereocenters. The van der Waals surface area contributed by atoms with Crippen molar-refractivity contribution >= 4 is 0 Å². The van der Waals surface area contributed by atoms with Gasteiger partial charge in [0, 0.05) is 7.11 Å². The maximum Gasteiger partial charge on any atom is 0.244 e. The van der Waals surface area contributed by atoms with Crippen molar-refractivity contribution in [1.29, 1.82) is 5.26 Å². The number of fused-ring (bicyclic) bond motifs is 1. The quantitative estimate of drug-likeness (QED) is 0.891. The van der Waals surface area contributed by atoms with Gasteiger partial charge in [0.25, 0.3) is 0 Å². The Bertz CT molecular complexity index is 804. The van der Waals surface area contributed by atoms with Crippen LogP contribution in [0.4, 0.5) is 0 Å². The Hall–Kier alpha value is -2.98. The molecule has 1 aromatic heterocycles. The molecule has 0 radical (unpaired) electrons. The van der Waals surface area contributed by atoms with Gasteiger partial charge in [0.05, 0.1) is 30.9 Å². The Balaban J connectivity index is 2.19. The summed E-state index contributed by atoms with van der Waals surface area (Å²) in [6, 6.07) is 9.64. The number of nitrogens with one attached hydrogen (secondary N) is 1. The lowest BCUT2D eigenvalue weighted by atomic mass is 9.84. The van der Waals surface area contributed by atoms with Crippen LogP contribution in [0.5, 0.6) is 11.6 Å². The van der Waals surface area contributed by atoms with E-state index >= 15 is 0 Å². The number of allylic oxidation sites excluding steroid dienone is 1. The number of hydrogen-bond acceptors (Lipinski definition) is 6. The monoisotopic (exact) mass is 312 g/mol. The Morgan fingerprint density at radius 3 is 2.96 bits per heavy atom. The Labute approximate surface area is 133 Å². The molecule has 1 aliphatic rings. The first kappa shape index (κ1) is 14.9. The summed E-state index contributed by atoms with van der Waals surface area (Å²) in [6.07, 6.45) is 0. The van der Waals surface area contributed by atoms with Crippen molar-refractivity contribution in [2.24, 2.45) is 5.73 Å². The van der Waals surface area contributed by atoms with E-state index < -0.39 is 0 Å². The van der Waals surface area contributed by atoms with E-state index in [-0.39, 0.29) is 11.8 Å². The Kier molecular flexibility index (Phi) is 3.91. The fourth-order valence-electron chi connectivity index (χ4n) is 2.72. The van der Waals surface area contributed by atoms with Gasteiger partial charge in [0.1, 0.15) is 17.4 Å². The number of nitrogens with zero attached hydrogens (tertiary/aromatic N) is 2. The van der Waals surface area contributed by atoms with E-state index in [2.05, 4.69) is 16.3 Å². The third kappa shape index (κ3) is 2.49. The normalized spacial score (nSPS) is 16.5. The van der Waals surface area contributed by atoms with Crippen molar-refractivity contribution in [3.8, 4) is 17.7 Å². The standard InChI is InChI=1S/C16H16N4O3/c1-21-8-12-14-13(9-4-3-5-10(6-9)22-2)11(7-17)15(18)23-16(14)20-19-12/h3-6,13H,8,18H2,1-2H3,(H,19,20)/t13-/m1/s1. The summed E-state index contributed by atoms with van der Waals surface area (Å²) in [5, 5.41) is 16.6. The zero-order valence-electron chi connectivity index (χ0n) is 12.8. The predicted molar refractivity (Wildman–Crippen MR) is 81.6 cm³/mol. The fourth-order valence-corrected chi connectivity index (χ4v) is 2.72. The number of H-pyrrole nitrogens is 1. The predicted octanol–water partition coefficient (Wildman–Crippen LogP) is 1.78. The molecule has 1 atom stereocenters. The van der Waals surface area contributed by atoms with Gasteiger partial charge in [-0.25, -0.2) is 0 Å². The third-order valence-electron chi connectivity index (χ3n) is 3.73. The molecule has 3 N–H and O–H groups in total. The Morgan fingerprint density at radius 2 is 2.26 bits per heavy atom. The summed E-state index contributed by atoms with van der Waals surface area (Å²) in [5.74, 6) is 0.732. The minimum Gasteiger partial charge on any atom is -0.497 e. The molecule has 0 saturated carbocycles. The molecule has 1 aromatic carbocycles. The second kappa shape index (κ2) is 6.02. The first-order chi connectivity index (χ1) is 11.2. The highest BCUT2D eigenvalue weighted by molar-refractivity contribution is 5.55. The molecular weight excluding hydrogens is 296 g/mol. The summed E-state index contributed by atoms with van der Waals surface area (Å²) >= 11 is 0. The van der Waals surface area contributed by atoms with Crippen molar-refractivity contribution in [2.75, 3.05) is 14.2 Å². The van der Waals surface area contributed by atoms with Crippen LogP contribution < -0.4 is 15.2 Å². The Morgan fingerprint density at radius 1 is 1.43 bits per heavy atom. The van der Waals surface area contributed by atoms with Crippen LogP contribution >= 0.6 is 0 Å². The maximum absolute atomic E-state index is 9.54. The second-order valence-corrected chi connectivity index (χ2v) is 5.06. The molecule has 0 fully saturated rings. The van der Waals surface area contributed by atoms with Crippen LogP contribution in [0.3, 0.4) is 0 Å². The van der Waals surface area contributed by atoms with Gasteiger partial charge >= 0.3 is 0 Å². The molecular formula is C16H16N4O3. The minimum absolute atomic E-state index is 0.0586. The lowest BCUT2D eigenvalue weighted by molar-refractivity contribution is 0.180. The molecule has 118 valence electrons. The van der Waals surface area contributed by atoms with Gasteiger partial charge in [-0.05, 0) is 17.7 Å². The van der Waals surface area contributed by atoms with Gasteiger partial charge < -0.3 is 19.9 Å². The van der Waals surface area contributed by atoms with Crippen molar-refractivity contribution in [3.05, 3.63) is 52.5 Å². The van der Waals surface area contributed by atoms with E-state index in [1.54, 1.807) is 14.2 Å². The zero-order valence-corrected chi connectivity index (χ0v) is 12.8. The van der Waals surface area contributed by atoms with Gasteiger partial charge in [-0.2, -0.15) is 5.26 Å². The van der Waals surface area contributed by atoms with Crippen molar-refractivity contribution in [3.63, 3.8) is 0 Å². The summed E-state index contributed by atoms with van der Waals surface area (Å²) in [7, 11) is 3.19. The second-order valence-electron chi connectivity index (χ2n) is 5.06. The lowest BCUT2D eigenvalue weighted by Gasteiger charge is -2.24. The number of aromatic amines is 1. The molecule has 3 rings (SSSR count). The molecule has 7 heteroatoms. The third-order valence-corrected chi connectivity index (χ3v) is 3.73. The van der Waals surface area contributed by atoms with E-state index in [1.165, 1.54) is 0 Å². The van der Waals surface area contributed by atoms with Crippen LogP contribution in [0.25, 0.3) is 0 Å². The molecule has 0 aliphatic carbocycles. The van der Waals surface area contributed by atoms with Crippen molar-refractivity contribution in [2.45, 2.75) is 12.5 Å². The van der Waals surface area contributed by atoms with Crippen molar-refractivity contribution < 1.29 is 14.2 Å². The van der Waals surface area contributed by atoms with Gasteiger partial charge in [-0.1, -0.05) is 12.1 Å². The molecule has 0 bridgehead atoms. The van der Waals surface area contributed by atoms with Gasteiger partial charge in [-0.15, -0.1) is 5.10 Å². The number of ether oxygens (including phenoxy) is 3. The highest BCUT2D eigenvalue weighted by Gasteiger charge is 2.35. The first-order valence-corrected chi connectivity index (χ1v) is 6.97. The smallest absolute Gasteiger partial charge is 0.244 e. The highest BCUT2D eigenvalue weighted by Crippen LogP contribution is 2.43. The topological polar surface area (TPSA) is 106 Å². The van der Waals surface area contributed by atoms with E-state index in [1.807, 2.05) is 24.3 Å². The fraction of sp³-hybridized carbons (Fsp3) is 0.250. The molecule has 0 amide bonds. The summed E-state index contributed by atoms with van der Waals surface area (Å²) in [6.45, 7) is 0.324. The molecule has 0 saturated heterocycles. The summed E-state index contributed by atoms with van der Waals surface area (Å²) in [4.78, 5) is 0. The number of nitrogens with two attached hydrogens (primary N) is 1. The number of aromatic nitrogens is 2. The highest BCUT2D eigenvalue weighted by atomic mass is 16.5. The van der Waals surface area contributed by atoms with E-state index in [4.69, 9.17) is 19.9 Å². The summed E-state index contributed by atoms with van der Waals surface area (Å²) < 4.78 is 16.0. The van der Waals surface area contributed by atoms with Gasteiger partial charge in [-0.3, -0.25) is 5.10 Å². The SMILES string of the molecule is COCc1[nH]nc2c1[C@H](c1cccc(OC)c1)C(C#N)=C(N)O2. The molecule has 2 heterocycles. The lowest BCUT2D eigenvalue weighted by Crippen LogP contribution is -2.21. The van der Waals surface area contributed by atoms with E-state index in [0.717, 1.165) is 16.8 Å². The van der Waals surface area contributed by atoms with Crippen molar-refractivity contribution in [1.82, 2.24) is 10.2 Å². The molecule has 1 aliphatic heterocycles. The van der Waals surface area contributed by atoms with Gasteiger partial charge in [0.15, 0.2) is 0 Å². The number of benzene rings is 1. The van der Waals surface area contributed by atoms with Gasteiger partial charge in [0.2, 0.25) is 11.8 Å². The average Bonchev–Trinajstić information content (AvgIpc) is 2.96. The van der Waals surface area contributed by atoms with E-state index in [9.17, 15) is 5.26 Å². The van der Waals surface area contributed by atoms with Crippen LogP contribution in [-0.4, -0.2) is 24.4 Å². The number of hydrogen-bond donors (Lipinski definition) is 2. The molecule has 2 aromatic rings. The largest absolute Gasteiger partial charge is 0.497 e. The number of rotatable bonds is 4. The van der Waals surface area contributed by atoms with Crippen LogP contribution in [0.15, 0.2) is 35.7 Å². The van der Waals surface area contributed by atoms with Crippen LogP contribution in [0.1, 0.15) is 22.7 Å². The minimum atomic E-state index is -0.386. The average molecular weight is 312 g/mol. The molecule has 23 heavy (non-hydrogen) atoms. The number of methoxy groups -OCH3 is 2. The van der Waals surface area contributed by atoms with Crippen LogP contribution in [0, 0.1) is 11.3 Å².